The van der Waals surface area contributed by atoms with E-state index in [4.69, 9.17) is 11.6 Å². The molecule has 4 nitrogen and oxygen atoms in total. The summed E-state index contributed by atoms with van der Waals surface area (Å²) in [6.07, 6.45) is 2.80. The molecule has 0 saturated carbocycles. The third-order valence-electron chi connectivity index (χ3n) is 2.74. The molecule has 2 rings (SSSR count). The van der Waals surface area contributed by atoms with Gasteiger partial charge in [0.05, 0.1) is 34.8 Å². The summed E-state index contributed by atoms with van der Waals surface area (Å²) in [7, 11) is 1.80. The molecule has 0 radical (unpaired) electrons. The van der Waals surface area contributed by atoms with E-state index in [2.05, 4.69) is 15.4 Å². The first-order chi connectivity index (χ1) is 8.67. The van der Waals surface area contributed by atoms with Gasteiger partial charge in [0, 0.05) is 6.54 Å². The molecule has 96 valence electrons. The topological polar surface area (TPSA) is 42.7 Å². The predicted octanol–water partition coefficient (Wildman–Crippen LogP) is 2.40. The Kier molecular flexibility index (Phi) is 3.93. The summed E-state index contributed by atoms with van der Waals surface area (Å²) in [6, 6.07) is 2.81. The number of rotatable bonds is 4. The summed E-state index contributed by atoms with van der Waals surface area (Å²) in [4.78, 5) is 4.08. The molecule has 0 aromatic carbocycles. The SMILES string of the molecule is CCn1ncc(Cl)c1C(NC)c1ccc(F)cn1. The van der Waals surface area contributed by atoms with Gasteiger partial charge < -0.3 is 5.32 Å². The lowest BCUT2D eigenvalue weighted by Crippen LogP contribution is -2.22. The van der Waals surface area contributed by atoms with Crippen molar-refractivity contribution in [1.82, 2.24) is 20.1 Å². The molecule has 0 aliphatic carbocycles. The lowest BCUT2D eigenvalue weighted by Gasteiger charge is -2.17. The number of halogens is 2. The molecule has 0 bridgehead atoms. The number of pyridine rings is 1. The number of hydrogen-bond acceptors (Lipinski definition) is 3. The molecular formula is C12H14ClFN4. The van der Waals surface area contributed by atoms with Crippen LogP contribution in [0, 0.1) is 5.82 Å². The summed E-state index contributed by atoms with van der Waals surface area (Å²) < 4.78 is 14.7. The molecule has 1 atom stereocenters. The van der Waals surface area contributed by atoms with Gasteiger partial charge in [0.15, 0.2) is 0 Å². The third kappa shape index (κ3) is 2.37. The van der Waals surface area contributed by atoms with E-state index >= 15 is 0 Å². The van der Waals surface area contributed by atoms with Gasteiger partial charge in [0.2, 0.25) is 0 Å². The second kappa shape index (κ2) is 5.46. The van der Waals surface area contributed by atoms with Crippen LogP contribution in [0.5, 0.6) is 0 Å². The number of aromatic nitrogens is 3. The molecule has 0 aliphatic heterocycles. The number of nitrogens with one attached hydrogen (secondary N) is 1. The summed E-state index contributed by atoms with van der Waals surface area (Å²) in [5.74, 6) is -0.358. The van der Waals surface area contributed by atoms with Crippen LogP contribution in [-0.4, -0.2) is 21.8 Å². The third-order valence-corrected chi connectivity index (χ3v) is 3.03. The van der Waals surface area contributed by atoms with Crippen LogP contribution in [0.25, 0.3) is 0 Å². The van der Waals surface area contributed by atoms with Crippen molar-refractivity contribution >= 4 is 11.6 Å². The Balaban J connectivity index is 2.44. The van der Waals surface area contributed by atoms with Crippen LogP contribution in [0.2, 0.25) is 5.02 Å². The van der Waals surface area contributed by atoms with Gasteiger partial charge in [-0.25, -0.2) is 4.39 Å². The van der Waals surface area contributed by atoms with Crippen molar-refractivity contribution in [3.05, 3.63) is 46.8 Å². The Hall–Kier alpha value is -1.46. The second-order valence-electron chi connectivity index (χ2n) is 3.82. The van der Waals surface area contributed by atoms with Crippen LogP contribution in [-0.2, 0) is 6.54 Å². The van der Waals surface area contributed by atoms with Crippen molar-refractivity contribution in [1.29, 1.82) is 0 Å². The molecule has 2 aromatic heterocycles. The van der Waals surface area contributed by atoms with Crippen molar-refractivity contribution < 1.29 is 4.39 Å². The number of nitrogens with zero attached hydrogens (tertiary/aromatic N) is 3. The molecule has 2 heterocycles. The smallest absolute Gasteiger partial charge is 0.141 e. The standard InChI is InChI=1S/C12H14ClFN4/c1-3-18-12(9(13)7-17-18)11(15-2)10-5-4-8(14)6-16-10/h4-7,11,15H,3H2,1-2H3. The van der Waals surface area contributed by atoms with E-state index < -0.39 is 0 Å². The van der Waals surface area contributed by atoms with Crippen molar-refractivity contribution in [3.8, 4) is 0 Å². The highest BCUT2D eigenvalue weighted by Gasteiger charge is 2.21. The average molecular weight is 269 g/mol. The number of hydrogen-bond donors (Lipinski definition) is 1. The first kappa shape index (κ1) is 13.0. The van der Waals surface area contributed by atoms with Gasteiger partial charge in [-0.3, -0.25) is 9.67 Å². The highest BCUT2D eigenvalue weighted by atomic mass is 35.5. The van der Waals surface area contributed by atoms with E-state index in [1.54, 1.807) is 24.0 Å². The van der Waals surface area contributed by atoms with Gasteiger partial charge >= 0.3 is 0 Å². The molecule has 1 N–H and O–H groups in total. The summed E-state index contributed by atoms with van der Waals surface area (Å²) in [6.45, 7) is 2.69. The summed E-state index contributed by atoms with van der Waals surface area (Å²) in [5, 5.41) is 7.89. The van der Waals surface area contributed by atoms with E-state index in [9.17, 15) is 4.39 Å². The van der Waals surface area contributed by atoms with E-state index in [1.807, 2.05) is 6.92 Å². The minimum absolute atomic E-state index is 0.208. The van der Waals surface area contributed by atoms with Crippen LogP contribution < -0.4 is 5.32 Å². The monoisotopic (exact) mass is 268 g/mol. The van der Waals surface area contributed by atoms with Gasteiger partial charge in [-0.2, -0.15) is 5.10 Å². The summed E-state index contributed by atoms with van der Waals surface area (Å²) in [5.41, 5.74) is 1.54. The summed E-state index contributed by atoms with van der Waals surface area (Å²) >= 11 is 6.15. The minimum Gasteiger partial charge on any atom is -0.307 e. The van der Waals surface area contributed by atoms with Gasteiger partial charge in [-0.05, 0) is 26.1 Å². The van der Waals surface area contributed by atoms with E-state index in [0.717, 1.165) is 5.69 Å². The molecule has 6 heteroatoms. The molecule has 18 heavy (non-hydrogen) atoms. The average Bonchev–Trinajstić information content (AvgIpc) is 2.74. The highest BCUT2D eigenvalue weighted by molar-refractivity contribution is 6.31. The molecule has 2 aromatic rings. The van der Waals surface area contributed by atoms with Crippen LogP contribution in [0.15, 0.2) is 24.5 Å². The maximum Gasteiger partial charge on any atom is 0.141 e. The molecule has 0 saturated heterocycles. The van der Waals surface area contributed by atoms with Crippen LogP contribution in [0.4, 0.5) is 4.39 Å². The fourth-order valence-corrected chi connectivity index (χ4v) is 2.14. The molecule has 0 amide bonds. The van der Waals surface area contributed by atoms with Gasteiger partial charge in [-0.1, -0.05) is 11.6 Å². The molecule has 0 fully saturated rings. The van der Waals surface area contributed by atoms with Crippen molar-refractivity contribution in [3.63, 3.8) is 0 Å². The Labute approximate surface area is 110 Å². The van der Waals surface area contributed by atoms with Crippen molar-refractivity contribution in [2.24, 2.45) is 0 Å². The van der Waals surface area contributed by atoms with Gasteiger partial charge in [-0.15, -0.1) is 0 Å². The van der Waals surface area contributed by atoms with Crippen LogP contribution in [0.1, 0.15) is 24.4 Å². The van der Waals surface area contributed by atoms with Crippen LogP contribution >= 0.6 is 11.6 Å². The Bertz CT molecular complexity index is 523. The molecule has 0 spiro atoms. The van der Waals surface area contributed by atoms with E-state index in [1.165, 1.54) is 12.3 Å². The zero-order valence-electron chi connectivity index (χ0n) is 10.2. The highest BCUT2D eigenvalue weighted by Crippen LogP contribution is 2.26. The second-order valence-corrected chi connectivity index (χ2v) is 4.22. The largest absolute Gasteiger partial charge is 0.307 e. The lowest BCUT2D eigenvalue weighted by molar-refractivity contribution is 0.552. The molecular weight excluding hydrogens is 255 g/mol. The van der Waals surface area contributed by atoms with Crippen molar-refractivity contribution in [2.75, 3.05) is 7.05 Å². The zero-order valence-corrected chi connectivity index (χ0v) is 10.9. The zero-order chi connectivity index (χ0) is 13.1. The Morgan fingerprint density at radius 1 is 1.44 bits per heavy atom. The number of aryl methyl sites for hydroxylation is 1. The van der Waals surface area contributed by atoms with Gasteiger partial charge in [0.25, 0.3) is 0 Å². The fourth-order valence-electron chi connectivity index (χ4n) is 1.89. The molecule has 1 unspecified atom stereocenters. The van der Waals surface area contributed by atoms with E-state index in [-0.39, 0.29) is 11.9 Å². The quantitative estimate of drug-likeness (QED) is 0.926. The van der Waals surface area contributed by atoms with E-state index in [0.29, 0.717) is 17.3 Å². The maximum absolute atomic E-state index is 12.9. The lowest BCUT2D eigenvalue weighted by atomic mass is 10.1. The van der Waals surface area contributed by atoms with Crippen molar-refractivity contribution in [2.45, 2.75) is 19.5 Å². The first-order valence-electron chi connectivity index (χ1n) is 5.67. The van der Waals surface area contributed by atoms with Gasteiger partial charge in [0.1, 0.15) is 5.82 Å². The Morgan fingerprint density at radius 3 is 2.78 bits per heavy atom. The minimum atomic E-state index is -0.358. The Morgan fingerprint density at radius 2 is 2.22 bits per heavy atom. The molecule has 0 aliphatic rings. The maximum atomic E-state index is 12.9. The first-order valence-corrected chi connectivity index (χ1v) is 6.05. The fraction of sp³-hybridized carbons (Fsp3) is 0.333. The predicted molar refractivity (Wildman–Crippen MR) is 68.0 cm³/mol. The normalized spacial score (nSPS) is 12.7. The van der Waals surface area contributed by atoms with Crippen LogP contribution in [0.3, 0.4) is 0 Å².